The predicted molar refractivity (Wildman–Crippen MR) is 134 cm³/mol. The van der Waals surface area contributed by atoms with Gasteiger partial charge in [0.15, 0.2) is 18.2 Å². The molecule has 0 radical (unpaired) electrons. The number of aryl methyl sites for hydroxylation is 1. The lowest BCUT2D eigenvalue weighted by Crippen LogP contribution is -2.34. The number of amides is 1. The second-order valence-electron chi connectivity index (χ2n) is 8.54. The van der Waals surface area contributed by atoms with Gasteiger partial charge in [-0.2, -0.15) is 0 Å². The van der Waals surface area contributed by atoms with E-state index in [1.807, 2.05) is 37.4 Å². The third kappa shape index (κ3) is 4.27. The molecule has 0 spiro atoms. The number of hydrogen-bond donors (Lipinski definition) is 2. The fourth-order valence-electron chi connectivity index (χ4n) is 4.40. The molecule has 1 heterocycles. The quantitative estimate of drug-likeness (QED) is 0.274. The van der Waals surface area contributed by atoms with Gasteiger partial charge in [0.05, 0.1) is 16.8 Å². The van der Waals surface area contributed by atoms with Crippen molar-refractivity contribution in [3.63, 3.8) is 0 Å². The highest BCUT2D eigenvalue weighted by molar-refractivity contribution is 6.30. The molecule has 9 heteroatoms. The van der Waals surface area contributed by atoms with Crippen molar-refractivity contribution in [1.29, 1.82) is 0 Å². The van der Waals surface area contributed by atoms with Crippen LogP contribution in [0.15, 0.2) is 79.1 Å². The molecule has 3 aromatic carbocycles. The minimum atomic E-state index is -0.886. The van der Waals surface area contributed by atoms with Gasteiger partial charge in [0.25, 0.3) is 5.91 Å². The number of aromatic nitrogens is 2. The van der Waals surface area contributed by atoms with Crippen LogP contribution in [-0.2, 0) is 16.6 Å². The molecule has 37 heavy (non-hydrogen) atoms. The first-order valence-electron chi connectivity index (χ1n) is 11.5. The summed E-state index contributed by atoms with van der Waals surface area (Å²) in [6.07, 6.45) is 3.39. The fourth-order valence-corrected chi connectivity index (χ4v) is 4.40. The summed E-state index contributed by atoms with van der Waals surface area (Å²) in [6, 6.07) is 17.8. The van der Waals surface area contributed by atoms with Crippen molar-refractivity contribution in [2.75, 3.05) is 12.3 Å². The molecule has 1 aliphatic carbocycles. The Labute approximate surface area is 211 Å². The third-order valence-electron chi connectivity index (χ3n) is 6.24. The molecule has 1 amide bonds. The topological polar surface area (TPSA) is 133 Å². The van der Waals surface area contributed by atoms with Crippen LogP contribution >= 0.6 is 0 Å². The van der Waals surface area contributed by atoms with Crippen molar-refractivity contribution in [3.05, 3.63) is 118 Å². The number of nitrogens with one attached hydrogen (secondary N) is 1. The number of carbonyl (C=O) groups is 4. The summed E-state index contributed by atoms with van der Waals surface area (Å²) in [4.78, 5) is 55.8. The zero-order valence-electron chi connectivity index (χ0n) is 19.8. The molecule has 1 aliphatic rings. The normalized spacial score (nSPS) is 12.9. The number of nitrogens with two attached hydrogens (primary N) is 1. The monoisotopic (exact) mass is 494 g/mol. The highest BCUT2D eigenvalue weighted by atomic mass is 16.5. The van der Waals surface area contributed by atoms with Crippen LogP contribution < -0.4 is 11.1 Å². The lowest BCUT2D eigenvalue weighted by molar-refractivity contribution is -0.124. The van der Waals surface area contributed by atoms with E-state index in [-0.39, 0.29) is 39.3 Å². The molecule has 1 unspecified atom stereocenters. The van der Waals surface area contributed by atoms with E-state index in [1.165, 1.54) is 18.2 Å². The first-order valence-corrected chi connectivity index (χ1v) is 11.5. The zero-order chi connectivity index (χ0) is 26.1. The van der Waals surface area contributed by atoms with E-state index in [9.17, 15) is 19.2 Å². The van der Waals surface area contributed by atoms with Gasteiger partial charge < -0.3 is 20.4 Å². The molecule has 0 saturated carbocycles. The number of esters is 1. The highest BCUT2D eigenvalue weighted by Crippen LogP contribution is 2.33. The summed E-state index contributed by atoms with van der Waals surface area (Å²) in [5.74, 6) is -1.63. The lowest BCUT2D eigenvalue weighted by Gasteiger charge is -2.20. The first-order chi connectivity index (χ1) is 17.9. The van der Waals surface area contributed by atoms with Crippen LogP contribution in [0, 0.1) is 0 Å². The number of anilines is 1. The average molecular weight is 495 g/mol. The van der Waals surface area contributed by atoms with Crippen LogP contribution in [0.2, 0.25) is 0 Å². The Hall–Kier alpha value is -5.05. The van der Waals surface area contributed by atoms with Gasteiger partial charge in [0, 0.05) is 36.1 Å². The Bertz CT molecular complexity index is 1560. The summed E-state index contributed by atoms with van der Waals surface area (Å²) < 4.78 is 7.01. The molecular weight excluding hydrogens is 472 g/mol. The molecule has 0 aliphatic heterocycles. The maximum Gasteiger partial charge on any atom is 0.340 e. The van der Waals surface area contributed by atoms with E-state index in [0.717, 1.165) is 5.56 Å². The van der Waals surface area contributed by atoms with Gasteiger partial charge in [-0.05, 0) is 17.7 Å². The lowest BCUT2D eigenvalue weighted by atomic mass is 9.82. The average Bonchev–Trinajstić information content (AvgIpc) is 3.34. The second kappa shape index (κ2) is 9.54. The van der Waals surface area contributed by atoms with Crippen molar-refractivity contribution < 1.29 is 23.9 Å². The van der Waals surface area contributed by atoms with E-state index in [1.54, 1.807) is 35.2 Å². The van der Waals surface area contributed by atoms with Gasteiger partial charge in [-0.3, -0.25) is 14.4 Å². The number of benzene rings is 3. The number of ether oxygens (including phenoxy) is 1. The molecule has 0 bridgehead atoms. The summed E-state index contributed by atoms with van der Waals surface area (Å²) in [6.45, 7) is -0.584. The van der Waals surface area contributed by atoms with Crippen molar-refractivity contribution in [2.45, 2.75) is 6.04 Å². The van der Waals surface area contributed by atoms with Crippen LogP contribution in [0.25, 0.3) is 0 Å². The van der Waals surface area contributed by atoms with E-state index >= 15 is 0 Å². The summed E-state index contributed by atoms with van der Waals surface area (Å²) in [5, 5.41) is 2.84. The predicted octanol–water partition coefficient (Wildman–Crippen LogP) is 2.84. The minimum Gasteiger partial charge on any atom is -0.452 e. The maximum atomic E-state index is 13.1. The fraction of sp³-hybridized carbons (Fsp3) is 0.107. The molecule has 4 aromatic rings. The Kier molecular flexibility index (Phi) is 6.10. The number of rotatable bonds is 6. The van der Waals surface area contributed by atoms with Crippen molar-refractivity contribution in [3.8, 4) is 0 Å². The molecule has 5 rings (SSSR count). The van der Waals surface area contributed by atoms with Crippen molar-refractivity contribution in [2.24, 2.45) is 7.05 Å². The second-order valence-corrected chi connectivity index (χ2v) is 8.54. The van der Waals surface area contributed by atoms with E-state index in [4.69, 9.17) is 10.5 Å². The number of carbonyl (C=O) groups excluding carboxylic acids is 4. The smallest absolute Gasteiger partial charge is 0.340 e. The van der Waals surface area contributed by atoms with Gasteiger partial charge in [0.1, 0.15) is 11.9 Å². The third-order valence-corrected chi connectivity index (χ3v) is 6.24. The number of ketones is 2. The minimum absolute atomic E-state index is 0.0403. The van der Waals surface area contributed by atoms with Gasteiger partial charge in [0.2, 0.25) is 0 Å². The van der Waals surface area contributed by atoms with Gasteiger partial charge >= 0.3 is 5.97 Å². The molecule has 9 nitrogen and oxygen atoms in total. The maximum absolute atomic E-state index is 13.1. The van der Waals surface area contributed by atoms with Crippen LogP contribution in [0.1, 0.15) is 59.6 Å². The summed E-state index contributed by atoms with van der Waals surface area (Å²) in [7, 11) is 1.81. The summed E-state index contributed by atoms with van der Waals surface area (Å²) in [5.41, 5.74) is 7.30. The first kappa shape index (κ1) is 23.7. The molecule has 3 N–H and O–H groups in total. The summed E-state index contributed by atoms with van der Waals surface area (Å²) >= 11 is 0. The van der Waals surface area contributed by atoms with Crippen LogP contribution in [-0.4, -0.2) is 39.6 Å². The zero-order valence-corrected chi connectivity index (χ0v) is 19.8. The number of fused-ring (bicyclic) bond motifs is 2. The molecular formula is C28H22N4O5. The molecule has 1 aromatic heterocycles. The highest BCUT2D eigenvalue weighted by Gasteiger charge is 2.33. The van der Waals surface area contributed by atoms with Crippen LogP contribution in [0.5, 0.6) is 0 Å². The SMILES string of the molecule is Cn1ccnc1C(NC(=O)COC(=O)c1ccc2c(c1N)C(=O)c1ccccc1C2=O)c1ccccc1. The number of hydrogen-bond acceptors (Lipinski definition) is 7. The Balaban J connectivity index is 1.33. The molecule has 0 saturated heterocycles. The number of imidazole rings is 1. The van der Waals surface area contributed by atoms with Crippen LogP contribution in [0.3, 0.4) is 0 Å². The number of nitrogens with zero attached hydrogens (tertiary/aromatic N) is 2. The Morgan fingerprint density at radius 3 is 2.30 bits per heavy atom. The van der Waals surface area contributed by atoms with Gasteiger partial charge in [-0.25, -0.2) is 9.78 Å². The number of nitrogen functional groups attached to an aromatic ring is 1. The van der Waals surface area contributed by atoms with Gasteiger partial charge in [-0.15, -0.1) is 0 Å². The van der Waals surface area contributed by atoms with E-state index in [2.05, 4.69) is 10.3 Å². The van der Waals surface area contributed by atoms with E-state index < -0.39 is 30.3 Å². The van der Waals surface area contributed by atoms with Crippen LogP contribution in [0.4, 0.5) is 5.69 Å². The standard InChI is InChI=1S/C28H22N4O5/c1-32-14-13-30-27(32)24(16-7-3-2-4-8-16)31-21(33)15-37-28(36)20-12-11-19-22(23(20)29)26(35)18-10-6-5-9-17(18)25(19)34/h2-14,24H,15,29H2,1H3,(H,31,33). The van der Waals surface area contributed by atoms with Crippen molar-refractivity contribution >= 4 is 29.1 Å². The van der Waals surface area contributed by atoms with Gasteiger partial charge in [-0.1, -0.05) is 54.6 Å². The molecule has 1 atom stereocenters. The largest absolute Gasteiger partial charge is 0.452 e. The Morgan fingerprint density at radius 1 is 0.946 bits per heavy atom. The van der Waals surface area contributed by atoms with E-state index in [0.29, 0.717) is 5.82 Å². The van der Waals surface area contributed by atoms with Crippen molar-refractivity contribution in [1.82, 2.24) is 14.9 Å². The molecule has 0 fully saturated rings. The Morgan fingerprint density at radius 2 is 1.62 bits per heavy atom. The molecule has 184 valence electrons.